The molecular weight excluding hydrogens is 238 g/mol. The first-order valence-electron chi connectivity index (χ1n) is 7.24. The van der Waals surface area contributed by atoms with Gasteiger partial charge in [-0.05, 0) is 45.9 Å². The molecule has 106 valence electrons. The lowest BCUT2D eigenvalue weighted by atomic mass is 10.2. The van der Waals surface area contributed by atoms with Crippen LogP contribution in [-0.2, 0) is 4.74 Å². The number of likely N-dealkylation sites (N-methyl/N-ethyl adjacent to an activating group) is 1. The zero-order valence-corrected chi connectivity index (χ0v) is 12.2. The van der Waals surface area contributed by atoms with Gasteiger partial charge in [0.2, 0.25) is 0 Å². The van der Waals surface area contributed by atoms with E-state index in [1.54, 1.807) is 0 Å². The number of pyridine rings is 1. The summed E-state index contributed by atoms with van der Waals surface area (Å²) in [6, 6.07) is 4.56. The maximum Gasteiger partial charge on any atom is 0.0750 e. The van der Waals surface area contributed by atoms with Crippen LogP contribution >= 0.6 is 0 Å². The van der Waals surface area contributed by atoms with Gasteiger partial charge in [0.1, 0.15) is 0 Å². The van der Waals surface area contributed by atoms with E-state index in [9.17, 15) is 0 Å². The Labute approximate surface area is 116 Å². The Hall–Kier alpha value is -1.13. The third-order valence-corrected chi connectivity index (χ3v) is 3.84. The highest BCUT2D eigenvalue weighted by molar-refractivity contribution is 5.44. The van der Waals surface area contributed by atoms with Gasteiger partial charge in [0.15, 0.2) is 0 Å². The highest BCUT2D eigenvalue weighted by Crippen LogP contribution is 2.20. The maximum atomic E-state index is 5.71. The summed E-state index contributed by atoms with van der Waals surface area (Å²) in [5.41, 5.74) is 2.27. The SMILES string of the molecule is CCN(CC1CCCO1)c1ccc(C(C)NC)nc1. The molecule has 0 aliphatic carbocycles. The van der Waals surface area contributed by atoms with E-state index in [0.717, 1.165) is 25.4 Å². The normalized spacial score (nSPS) is 20.5. The molecular formula is C15H25N3O. The average molecular weight is 263 g/mol. The first-order valence-corrected chi connectivity index (χ1v) is 7.24. The van der Waals surface area contributed by atoms with Crippen molar-refractivity contribution in [2.75, 3.05) is 31.6 Å². The summed E-state index contributed by atoms with van der Waals surface area (Å²) in [7, 11) is 1.95. The van der Waals surface area contributed by atoms with Crippen molar-refractivity contribution in [3.63, 3.8) is 0 Å². The van der Waals surface area contributed by atoms with Gasteiger partial charge in [-0.1, -0.05) is 0 Å². The molecule has 0 bridgehead atoms. The molecule has 0 saturated carbocycles. The second kappa shape index (κ2) is 6.87. The van der Waals surface area contributed by atoms with E-state index in [0.29, 0.717) is 12.1 Å². The number of hydrogen-bond acceptors (Lipinski definition) is 4. The van der Waals surface area contributed by atoms with Crippen LogP contribution in [0.4, 0.5) is 5.69 Å². The maximum absolute atomic E-state index is 5.71. The minimum absolute atomic E-state index is 0.294. The van der Waals surface area contributed by atoms with Crippen LogP contribution in [0.5, 0.6) is 0 Å². The van der Waals surface area contributed by atoms with Crippen molar-refractivity contribution in [3.05, 3.63) is 24.0 Å². The molecule has 1 aromatic rings. The standard InChI is InChI=1S/C15H25N3O/c1-4-18(11-14-6-5-9-19-14)13-7-8-15(17-10-13)12(2)16-3/h7-8,10,12,14,16H,4-6,9,11H2,1-3H3. The largest absolute Gasteiger partial charge is 0.376 e. The van der Waals surface area contributed by atoms with Gasteiger partial charge in [-0.15, -0.1) is 0 Å². The third-order valence-electron chi connectivity index (χ3n) is 3.84. The Morgan fingerprint density at radius 1 is 1.53 bits per heavy atom. The summed E-state index contributed by atoms with van der Waals surface area (Å²) in [6.07, 6.45) is 4.73. The Balaban J connectivity index is 2.01. The molecule has 4 nitrogen and oxygen atoms in total. The number of nitrogens with zero attached hydrogens (tertiary/aromatic N) is 2. The van der Waals surface area contributed by atoms with Crippen LogP contribution in [-0.4, -0.2) is 37.8 Å². The first kappa shape index (κ1) is 14.3. The van der Waals surface area contributed by atoms with E-state index >= 15 is 0 Å². The lowest BCUT2D eigenvalue weighted by molar-refractivity contribution is 0.115. The summed E-state index contributed by atoms with van der Waals surface area (Å²) in [5.74, 6) is 0. The van der Waals surface area contributed by atoms with Crippen molar-refractivity contribution in [2.24, 2.45) is 0 Å². The fourth-order valence-corrected chi connectivity index (χ4v) is 2.44. The van der Waals surface area contributed by atoms with Crippen molar-refractivity contribution in [1.29, 1.82) is 0 Å². The predicted molar refractivity (Wildman–Crippen MR) is 78.6 cm³/mol. The van der Waals surface area contributed by atoms with E-state index in [1.165, 1.54) is 18.5 Å². The fourth-order valence-electron chi connectivity index (χ4n) is 2.44. The molecule has 1 saturated heterocycles. The molecule has 0 amide bonds. The van der Waals surface area contributed by atoms with Crippen LogP contribution in [0.25, 0.3) is 0 Å². The van der Waals surface area contributed by atoms with E-state index < -0.39 is 0 Å². The van der Waals surface area contributed by atoms with Gasteiger partial charge in [0.05, 0.1) is 23.7 Å². The molecule has 0 aromatic carbocycles. The minimum Gasteiger partial charge on any atom is -0.376 e. The molecule has 1 fully saturated rings. The first-order chi connectivity index (χ1) is 9.24. The van der Waals surface area contributed by atoms with Gasteiger partial charge in [-0.3, -0.25) is 4.98 Å². The second-order valence-electron chi connectivity index (χ2n) is 5.13. The lowest BCUT2D eigenvalue weighted by Gasteiger charge is -2.26. The quantitative estimate of drug-likeness (QED) is 0.855. The third kappa shape index (κ3) is 3.67. The summed E-state index contributed by atoms with van der Waals surface area (Å²) < 4.78 is 5.71. The molecule has 1 N–H and O–H groups in total. The predicted octanol–water partition coefficient (Wildman–Crippen LogP) is 2.37. The molecule has 4 heteroatoms. The molecule has 0 radical (unpaired) electrons. The molecule has 19 heavy (non-hydrogen) atoms. The van der Waals surface area contributed by atoms with Crippen molar-refractivity contribution in [1.82, 2.24) is 10.3 Å². The van der Waals surface area contributed by atoms with Crippen LogP contribution in [0.3, 0.4) is 0 Å². The van der Waals surface area contributed by atoms with E-state index in [1.807, 2.05) is 13.2 Å². The molecule has 2 unspecified atom stereocenters. The molecule has 1 aliphatic rings. The van der Waals surface area contributed by atoms with Crippen molar-refractivity contribution < 1.29 is 4.74 Å². The summed E-state index contributed by atoms with van der Waals surface area (Å²) in [4.78, 5) is 6.89. The highest BCUT2D eigenvalue weighted by Gasteiger charge is 2.19. The molecule has 2 atom stereocenters. The Morgan fingerprint density at radius 2 is 2.37 bits per heavy atom. The van der Waals surface area contributed by atoms with Gasteiger partial charge >= 0.3 is 0 Å². The summed E-state index contributed by atoms with van der Waals surface area (Å²) in [6.45, 7) is 7.17. The van der Waals surface area contributed by atoms with E-state index in [4.69, 9.17) is 4.74 Å². The smallest absolute Gasteiger partial charge is 0.0750 e. The van der Waals surface area contributed by atoms with Crippen molar-refractivity contribution in [3.8, 4) is 0 Å². The molecule has 1 aliphatic heterocycles. The highest BCUT2D eigenvalue weighted by atomic mass is 16.5. The van der Waals surface area contributed by atoms with Crippen LogP contribution in [0.2, 0.25) is 0 Å². The van der Waals surface area contributed by atoms with Crippen LogP contribution in [0, 0.1) is 0 Å². The zero-order chi connectivity index (χ0) is 13.7. The van der Waals surface area contributed by atoms with Gasteiger partial charge in [0.25, 0.3) is 0 Å². The average Bonchev–Trinajstić information content (AvgIpc) is 2.97. The number of hydrogen-bond donors (Lipinski definition) is 1. The van der Waals surface area contributed by atoms with Gasteiger partial charge in [-0.2, -0.15) is 0 Å². The number of anilines is 1. The number of nitrogens with one attached hydrogen (secondary N) is 1. The Morgan fingerprint density at radius 3 is 2.89 bits per heavy atom. The van der Waals surface area contributed by atoms with E-state index in [-0.39, 0.29) is 0 Å². The van der Waals surface area contributed by atoms with Crippen molar-refractivity contribution in [2.45, 2.75) is 38.8 Å². The van der Waals surface area contributed by atoms with Gasteiger partial charge in [0, 0.05) is 25.7 Å². The van der Waals surface area contributed by atoms with Crippen LogP contribution < -0.4 is 10.2 Å². The molecule has 2 heterocycles. The van der Waals surface area contributed by atoms with E-state index in [2.05, 4.69) is 41.2 Å². The summed E-state index contributed by atoms with van der Waals surface area (Å²) >= 11 is 0. The lowest BCUT2D eigenvalue weighted by Crippen LogP contribution is -2.32. The van der Waals surface area contributed by atoms with Crippen LogP contribution in [0.15, 0.2) is 18.3 Å². The number of rotatable bonds is 6. The molecule has 0 spiro atoms. The molecule has 1 aromatic heterocycles. The number of aromatic nitrogens is 1. The zero-order valence-electron chi connectivity index (χ0n) is 12.2. The van der Waals surface area contributed by atoms with Crippen LogP contribution in [0.1, 0.15) is 38.4 Å². The fraction of sp³-hybridized carbons (Fsp3) is 0.667. The second-order valence-corrected chi connectivity index (χ2v) is 5.13. The van der Waals surface area contributed by atoms with Crippen molar-refractivity contribution >= 4 is 5.69 Å². The topological polar surface area (TPSA) is 37.4 Å². The molecule has 2 rings (SSSR count). The number of ether oxygens (including phenoxy) is 1. The monoisotopic (exact) mass is 263 g/mol. The summed E-state index contributed by atoms with van der Waals surface area (Å²) in [5, 5.41) is 3.21. The van der Waals surface area contributed by atoms with Gasteiger partial charge in [-0.25, -0.2) is 0 Å². The van der Waals surface area contributed by atoms with Gasteiger partial charge < -0.3 is 15.0 Å². The Bertz CT molecular complexity index is 373. The Kier molecular flexibility index (Phi) is 5.16. The minimum atomic E-state index is 0.294.